The predicted molar refractivity (Wildman–Crippen MR) is 108 cm³/mol. The fourth-order valence-electron chi connectivity index (χ4n) is 2.52. The molecule has 0 aromatic heterocycles. The van der Waals surface area contributed by atoms with E-state index in [-0.39, 0.29) is 11.8 Å². The van der Waals surface area contributed by atoms with E-state index in [0.29, 0.717) is 46.5 Å². The van der Waals surface area contributed by atoms with Crippen molar-refractivity contribution in [2.75, 3.05) is 33.2 Å². The van der Waals surface area contributed by atoms with Gasteiger partial charge in [0.2, 0.25) is 5.75 Å². The van der Waals surface area contributed by atoms with Crippen LogP contribution in [-0.2, 0) is 0 Å². The van der Waals surface area contributed by atoms with Gasteiger partial charge in [0.1, 0.15) is 0 Å². The molecule has 0 aliphatic carbocycles. The molecule has 0 bridgehead atoms. The van der Waals surface area contributed by atoms with Crippen LogP contribution in [0, 0.1) is 5.92 Å². The first-order valence-corrected chi connectivity index (χ1v) is 8.89. The summed E-state index contributed by atoms with van der Waals surface area (Å²) in [5.41, 5.74) is 1.46. The van der Waals surface area contributed by atoms with Crippen molar-refractivity contribution in [2.24, 2.45) is 5.92 Å². The van der Waals surface area contributed by atoms with E-state index in [1.54, 1.807) is 36.4 Å². The van der Waals surface area contributed by atoms with Crippen LogP contribution < -0.4 is 24.8 Å². The van der Waals surface area contributed by atoms with Crippen molar-refractivity contribution in [3.8, 4) is 17.2 Å². The van der Waals surface area contributed by atoms with Crippen molar-refractivity contribution in [3.05, 3.63) is 47.5 Å². The Morgan fingerprint density at radius 2 is 1.43 bits per heavy atom. The van der Waals surface area contributed by atoms with Gasteiger partial charge in [0.25, 0.3) is 11.8 Å². The van der Waals surface area contributed by atoms with Crippen molar-refractivity contribution in [2.45, 2.75) is 13.8 Å². The standard InChI is InChI=1S/C21H26N2O5/c1-13(2)12-22-20(24)14-6-8-16(9-7-14)23-21(25)15-10-17(26-3)19(28-5)18(11-15)27-4/h6-11,13H,12H2,1-5H3,(H,22,24)(H,23,25). The van der Waals surface area contributed by atoms with E-state index in [1.807, 2.05) is 13.8 Å². The van der Waals surface area contributed by atoms with Crippen molar-refractivity contribution in [3.63, 3.8) is 0 Å². The Kier molecular flexibility index (Phi) is 7.26. The second kappa shape index (κ2) is 9.64. The van der Waals surface area contributed by atoms with Gasteiger partial charge in [-0.3, -0.25) is 9.59 Å². The van der Waals surface area contributed by atoms with Gasteiger partial charge in [-0.1, -0.05) is 13.8 Å². The molecule has 0 aliphatic rings. The highest BCUT2D eigenvalue weighted by molar-refractivity contribution is 6.05. The number of amides is 2. The van der Waals surface area contributed by atoms with Gasteiger partial charge in [0.15, 0.2) is 11.5 Å². The molecule has 28 heavy (non-hydrogen) atoms. The molecule has 0 saturated carbocycles. The highest BCUT2D eigenvalue weighted by Gasteiger charge is 2.17. The van der Waals surface area contributed by atoms with Crippen LogP contribution in [0.25, 0.3) is 0 Å². The third-order valence-electron chi connectivity index (χ3n) is 4.00. The van der Waals surface area contributed by atoms with Crippen LogP contribution in [-0.4, -0.2) is 39.7 Å². The van der Waals surface area contributed by atoms with E-state index in [1.165, 1.54) is 21.3 Å². The van der Waals surface area contributed by atoms with Gasteiger partial charge >= 0.3 is 0 Å². The molecule has 2 aromatic rings. The van der Waals surface area contributed by atoms with Crippen LogP contribution >= 0.6 is 0 Å². The van der Waals surface area contributed by atoms with Gasteiger partial charge in [-0.25, -0.2) is 0 Å². The molecule has 0 heterocycles. The van der Waals surface area contributed by atoms with Gasteiger partial charge < -0.3 is 24.8 Å². The number of methoxy groups -OCH3 is 3. The number of carbonyl (C=O) groups is 2. The SMILES string of the molecule is COc1cc(C(=O)Nc2ccc(C(=O)NCC(C)C)cc2)cc(OC)c1OC. The number of anilines is 1. The molecule has 0 saturated heterocycles. The first-order valence-electron chi connectivity index (χ1n) is 8.89. The lowest BCUT2D eigenvalue weighted by Gasteiger charge is -2.14. The zero-order chi connectivity index (χ0) is 20.7. The van der Waals surface area contributed by atoms with Crippen molar-refractivity contribution >= 4 is 17.5 Å². The van der Waals surface area contributed by atoms with Crippen molar-refractivity contribution in [1.29, 1.82) is 0 Å². The number of hydrogen-bond donors (Lipinski definition) is 2. The molecule has 2 amide bonds. The van der Waals surface area contributed by atoms with E-state index in [2.05, 4.69) is 10.6 Å². The number of carbonyl (C=O) groups excluding carboxylic acids is 2. The van der Waals surface area contributed by atoms with Gasteiger partial charge in [-0.2, -0.15) is 0 Å². The third-order valence-corrected chi connectivity index (χ3v) is 4.00. The maximum atomic E-state index is 12.6. The van der Waals surface area contributed by atoms with E-state index >= 15 is 0 Å². The first kappa shape index (κ1) is 21.1. The molecule has 0 atom stereocenters. The van der Waals surface area contributed by atoms with Crippen molar-refractivity contribution < 1.29 is 23.8 Å². The zero-order valence-corrected chi connectivity index (χ0v) is 16.8. The number of nitrogens with one attached hydrogen (secondary N) is 2. The number of ether oxygens (including phenoxy) is 3. The molecule has 0 aliphatic heterocycles. The fourth-order valence-corrected chi connectivity index (χ4v) is 2.52. The number of rotatable bonds is 8. The monoisotopic (exact) mass is 386 g/mol. The predicted octanol–water partition coefficient (Wildman–Crippen LogP) is 3.35. The second-order valence-electron chi connectivity index (χ2n) is 6.55. The Morgan fingerprint density at radius 3 is 1.89 bits per heavy atom. The van der Waals surface area contributed by atoms with Gasteiger partial charge in [0, 0.05) is 23.4 Å². The molecule has 0 radical (unpaired) electrons. The zero-order valence-electron chi connectivity index (χ0n) is 16.8. The lowest BCUT2D eigenvalue weighted by atomic mass is 10.1. The van der Waals surface area contributed by atoms with E-state index in [9.17, 15) is 9.59 Å². The Labute approximate surface area is 165 Å². The van der Waals surface area contributed by atoms with E-state index < -0.39 is 0 Å². The first-order chi connectivity index (χ1) is 13.4. The topological polar surface area (TPSA) is 85.9 Å². The van der Waals surface area contributed by atoms with E-state index in [0.717, 1.165) is 0 Å². The molecule has 150 valence electrons. The lowest BCUT2D eigenvalue weighted by Crippen LogP contribution is -2.27. The Balaban J connectivity index is 2.13. The van der Waals surface area contributed by atoms with Crippen LogP contribution in [0.15, 0.2) is 36.4 Å². The minimum atomic E-state index is -0.337. The fraction of sp³-hybridized carbons (Fsp3) is 0.333. The summed E-state index contributed by atoms with van der Waals surface area (Å²) in [6.45, 7) is 4.67. The summed E-state index contributed by atoms with van der Waals surface area (Å²) < 4.78 is 15.8. The molecule has 0 fully saturated rings. The van der Waals surface area contributed by atoms with Gasteiger partial charge in [0.05, 0.1) is 21.3 Å². The molecule has 0 unspecified atom stereocenters. The Hall–Kier alpha value is -3.22. The van der Waals surface area contributed by atoms with Gasteiger partial charge in [-0.15, -0.1) is 0 Å². The summed E-state index contributed by atoms with van der Waals surface area (Å²) in [6.07, 6.45) is 0. The van der Waals surface area contributed by atoms with Crippen LogP contribution in [0.4, 0.5) is 5.69 Å². The van der Waals surface area contributed by atoms with Crippen molar-refractivity contribution in [1.82, 2.24) is 5.32 Å². The molecular weight excluding hydrogens is 360 g/mol. The summed E-state index contributed by atoms with van der Waals surface area (Å²) in [5.74, 6) is 1.10. The summed E-state index contributed by atoms with van der Waals surface area (Å²) in [7, 11) is 4.48. The average Bonchev–Trinajstić information content (AvgIpc) is 2.71. The maximum Gasteiger partial charge on any atom is 0.255 e. The quantitative estimate of drug-likeness (QED) is 0.727. The largest absolute Gasteiger partial charge is 0.493 e. The average molecular weight is 386 g/mol. The summed E-state index contributed by atoms with van der Waals surface area (Å²) in [4.78, 5) is 24.7. The summed E-state index contributed by atoms with van der Waals surface area (Å²) in [6, 6.07) is 9.84. The third kappa shape index (κ3) is 5.16. The van der Waals surface area contributed by atoms with Crippen LogP contribution in [0.1, 0.15) is 34.6 Å². The number of benzene rings is 2. The maximum absolute atomic E-state index is 12.6. The molecule has 0 spiro atoms. The Morgan fingerprint density at radius 1 is 0.857 bits per heavy atom. The normalized spacial score (nSPS) is 10.4. The minimum absolute atomic E-state index is 0.142. The highest BCUT2D eigenvalue weighted by Crippen LogP contribution is 2.38. The highest BCUT2D eigenvalue weighted by atomic mass is 16.5. The van der Waals surface area contributed by atoms with Crippen LogP contribution in [0.2, 0.25) is 0 Å². The molecule has 2 aromatic carbocycles. The molecule has 2 rings (SSSR count). The van der Waals surface area contributed by atoms with Gasteiger partial charge in [-0.05, 0) is 42.3 Å². The van der Waals surface area contributed by atoms with Crippen LogP contribution in [0.3, 0.4) is 0 Å². The Bertz CT molecular complexity index is 806. The summed E-state index contributed by atoms with van der Waals surface area (Å²) >= 11 is 0. The smallest absolute Gasteiger partial charge is 0.255 e. The molecule has 2 N–H and O–H groups in total. The summed E-state index contributed by atoms with van der Waals surface area (Å²) in [5, 5.41) is 5.65. The minimum Gasteiger partial charge on any atom is -0.493 e. The lowest BCUT2D eigenvalue weighted by molar-refractivity contribution is 0.0948. The second-order valence-corrected chi connectivity index (χ2v) is 6.55. The molecule has 7 nitrogen and oxygen atoms in total. The number of hydrogen-bond acceptors (Lipinski definition) is 5. The van der Waals surface area contributed by atoms with Crippen LogP contribution in [0.5, 0.6) is 17.2 Å². The van der Waals surface area contributed by atoms with E-state index in [4.69, 9.17) is 14.2 Å². The molecular formula is C21H26N2O5. The molecule has 7 heteroatoms.